The van der Waals surface area contributed by atoms with E-state index in [1.807, 2.05) is 30.0 Å². The minimum Gasteiger partial charge on any atom is -0.394 e. The number of benzene rings is 1. The summed E-state index contributed by atoms with van der Waals surface area (Å²) in [6.07, 6.45) is 2.43. The molecule has 2 heterocycles. The van der Waals surface area contributed by atoms with Crippen LogP contribution in [0.1, 0.15) is 28.3 Å². The minimum absolute atomic E-state index is 0.0226. The predicted octanol–water partition coefficient (Wildman–Crippen LogP) is 3.01. The number of aliphatic hydroxyl groups is 1. The lowest BCUT2D eigenvalue weighted by Crippen LogP contribution is -2.38. The Balaban J connectivity index is 2.11. The minimum atomic E-state index is -0.190. The van der Waals surface area contributed by atoms with Crippen molar-refractivity contribution in [1.82, 2.24) is 4.98 Å². The molecule has 4 nitrogen and oxygen atoms in total. The molecule has 1 aliphatic heterocycles. The van der Waals surface area contributed by atoms with Gasteiger partial charge in [0.2, 0.25) is 0 Å². The standard InChI is InChI=1S/C17H16ClN3O/c1-11-14(8-19)17(20-9-15(11)18)21-7-6-12-4-2-3-5-13(12)16(21)10-22/h2-5,9,16,22H,6-7,10H2,1H3. The van der Waals surface area contributed by atoms with Crippen molar-refractivity contribution in [2.75, 3.05) is 18.1 Å². The summed E-state index contributed by atoms with van der Waals surface area (Å²) < 4.78 is 0. The number of rotatable bonds is 2. The number of nitriles is 1. The average Bonchev–Trinajstić information content (AvgIpc) is 2.56. The number of aromatic nitrogens is 1. The van der Waals surface area contributed by atoms with E-state index >= 15 is 0 Å². The van der Waals surface area contributed by atoms with Crippen LogP contribution in [0.5, 0.6) is 0 Å². The Morgan fingerprint density at radius 2 is 2.23 bits per heavy atom. The number of fused-ring (bicyclic) bond motifs is 1. The largest absolute Gasteiger partial charge is 0.394 e. The molecule has 0 spiro atoms. The molecule has 0 fully saturated rings. The molecule has 1 aliphatic rings. The first-order valence-corrected chi connectivity index (χ1v) is 7.55. The third-order valence-electron chi connectivity index (χ3n) is 4.23. The molecule has 0 saturated carbocycles. The van der Waals surface area contributed by atoms with Crippen LogP contribution in [0.2, 0.25) is 5.02 Å². The maximum atomic E-state index is 9.88. The molecule has 0 aliphatic carbocycles. The van der Waals surface area contributed by atoms with Gasteiger partial charge in [-0.15, -0.1) is 0 Å². The molecule has 1 atom stereocenters. The van der Waals surface area contributed by atoms with E-state index in [0.717, 1.165) is 17.5 Å². The Labute approximate surface area is 134 Å². The Hall–Kier alpha value is -2.09. The second-order valence-electron chi connectivity index (χ2n) is 5.38. The number of aliphatic hydroxyl groups excluding tert-OH is 1. The first-order chi connectivity index (χ1) is 10.7. The fourth-order valence-electron chi connectivity index (χ4n) is 3.02. The zero-order valence-corrected chi connectivity index (χ0v) is 13.0. The highest BCUT2D eigenvalue weighted by atomic mass is 35.5. The highest BCUT2D eigenvalue weighted by molar-refractivity contribution is 6.31. The second-order valence-corrected chi connectivity index (χ2v) is 5.79. The summed E-state index contributed by atoms with van der Waals surface area (Å²) in [6, 6.07) is 10.1. The van der Waals surface area contributed by atoms with Gasteiger partial charge in [0.1, 0.15) is 11.9 Å². The van der Waals surface area contributed by atoms with Crippen LogP contribution in [-0.2, 0) is 6.42 Å². The van der Waals surface area contributed by atoms with Crippen LogP contribution in [0.3, 0.4) is 0 Å². The lowest BCUT2D eigenvalue weighted by atomic mass is 9.92. The van der Waals surface area contributed by atoms with Crippen LogP contribution < -0.4 is 4.90 Å². The van der Waals surface area contributed by atoms with Crippen LogP contribution in [-0.4, -0.2) is 23.2 Å². The van der Waals surface area contributed by atoms with Gasteiger partial charge in [-0.2, -0.15) is 5.26 Å². The fraction of sp³-hybridized carbons (Fsp3) is 0.294. The molecule has 3 rings (SSSR count). The Morgan fingerprint density at radius 1 is 1.45 bits per heavy atom. The zero-order chi connectivity index (χ0) is 15.7. The van der Waals surface area contributed by atoms with Crippen molar-refractivity contribution < 1.29 is 5.11 Å². The monoisotopic (exact) mass is 313 g/mol. The summed E-state index contributed by atoms with van der Waals surface area (Å²) >= 11 is 6.07. The lowest BCUT2D eigenvalue weighted by molar-refractivity contribution is 0.256. The summed E-state index contributed by atoms with van der Waals surface area (Å²) in [4.78, 5) is 6.37. The second kappa shape index (κ2) is 5.96. The molecular formula is C17H16ClN3O. The zero-order valence-electron chi connectivity index (χ0n) is 12.3. The number of anilines is 1. The van der Waals surface area contributed by atoms with Crippen molar-refractivity contribution in [3.63, 3.8) is 0 Å². The van der Waals surface area contributed by atoms with E-state index in [-0.39, 0.29) is 12.6 Å². The molecule has 112 valence electrons. The topological polar surface area (TPSA) is 60.1 Å². The van der Waals surface area contributed by atoms with E-state index in [4.69, 9.17) is 11.6 Å². The van der Waals surface area contributed by atoms with E-state index in [0.29, 0.717) is 22.9 Å². The third kappa shape index (κ3) is 2.33. The number of hydrogen-bond acceptors (Lipinski definition) is 4. The van der Waals surface area contributed by atoms with Gasteiger partial charge in [0.25, 0.3) is 0 Å². The molecule has 1 unspecified atom stereocenters. The molecule has 0 bridgehead atoms. The van der Waals surface area contributed by atoms with Gasteiger partial charge < -0.3 is 10.0 Å². The van der Waals surface area contributed by atoms with E-state index in [1.165, 1.54) is 5.56 Å². The van der Waals surface area contributed by atoms with E-state index in [1.54, 1.807) is 6.20 Å². The number of hydrogen-bond donors (Lipinski definition) is 1. The first-order valence-electron chi connectivity index (χ1n) is 7.18. The molecule has 0 radical (unpaired) electrons. The van der Waals surface area contributed by atoms with Gasteiger partial charge in [0.05, 0.1) is 23.2 Å². The SMILES string of the molecule is Cc1c(Cl)cnc(N2CCc3ccccc3C2CO)c1C#N. The normalized spacial score (nSPS) is 17.0. The smallest absolute Gasteiger partial charge is 0.147 e. The van der Waals surface area contributed by atoms with E-state index < -0.39 is 0 Å². The van der Waals surface area contributed by atoms with Crippen molar-refractivity contribution in [1.29, 1.82) is 5.26 Å². The van der Waals surface area contributed by atoms with Crippen molar-refractivity contribution in [2.24, 2.45) is 0 Å². The molecule has 0 saturated heterocycles. The highest BCUT2D eigenvalue weighted by Gasteiger charge is 2.29. The summed E-state index contributed by atoms with van der Waals surface area (Å²) in [5, 5.41) is 19.8. The molecule has 0 amide bonds. The van der Waals surface area contributed by atoms with Gasteiger partial charge in [-0.1, -0.05) is 35.9 Å². The molecule has 1 N–H and O–H groups in total. The van der Waals surface area contributed by atoms with Gasteiger partial charge in [-0.3, -0.25) is 0 Å². The lowest BCUT2D eigenvalue weighted by Gasteiger charge is -2.37. The van der Waals surface area contributed by atoms with Gasteiger partial charge in [-0.05, 0) is 30.0 Å². The van der Waals surface area contributed by atoms with E-state index in [2.05, 4.69) is 17.1 Å². The van der Waals surface area contributed by atoms with Gasteiger partial charge >= 0.3 is 0 Å². The fourth-order valence-corrected chi connectivity index (χ4v) is 3.16. The number of nitrogens with zero attached hydrogens (tertiary/aromatic N) is 3. The van der Waals surface area contributed by atoms with E-state index in [9.17, 15) is 10.4 Å². The van der Waals surface area contributed by atoms with Gasteiger partial charge in [-0.25, -0.2) is 4.98 Å². The van der Waals surface area contributed by atoms with Crippen molar-refractivity contribution in [3.05, 3.63) is 57.7 Å². The van der Waals surface area contributed by atoms with Gasteiger partial charge in [0, 0.05) is 12.7 Å². The summed E-state index contributed by atoms with van der Waals surface area (Å²) in [6.45, 7) is 2.51. The molecule has 5 heteroatoms. The van der Waals surface area contributed by atoms with Crippen LogP contribution in [0.4, 0.5) is 5.82 Å². The first kappa shape index (κ1) is 14.8. The summed E-state index contributed by atoms with van der Waals surface area (Å²) in [7, 11) is 0. The van der Waals surface area contributed by atoms with Crippen LogP contribution in [0, 0.1) is 18.3 Å². The van der Waals surface area contributed by atoms with Crippen molar-refractivity contribution in [2.45, 2.75) is 19.4 Å². The molecular weight excluding hydrogens is 298 g/mol. The van der Waals surface area contributed by atoms with Crippen LogP contribution >= 0.6 is 11.6 Å². The predicted molar refractivity (Wildman–Crippen MR) is 86.0 cm³/mol. The maximum Gasteiger partial charge on any atom is 0.147 e. The van der Waals surface area contributed by atoms with Crippen LogP contribution in [0.15, 0.2) is 30.5 Å². The van der Waals surface area contributed by atoms with Crippen LogP contribution in [0.25, 0.3) is 0 Å². The highest BCUT2D eigenvalue weighted by Crippen LogP contribution is 2.35. The molecule has 22 heavy (non-hydrogen) atoms. The number of halogens is 1. The Kier molecular flexibility index (Phi) is 4.02. The molecule has 1 aromatic carbocycles. The average molecular weight is 314 g/mol. The van der Waals surface area contributed by atoms with Crippen molar-refractivity contribution in [3.8, 4) is 6.07 Å². The molecule has 1 aromatic heterocycles. The molecule has 2 aromatic rings. The quantitative estimate of drug-likeness (QED) is 0.926. The Bertz CT molecular complexity index is 754. The summed E-state index contributed by atoms with van der Waals surface area (Å²) in [5.41, 5.74) is 3.53. The van der Waals surface area contributed by atoms with Gasteiger partial charge in [0.15, 0.2) is 0 Å². The maximum absolute atomic E-state index is 9.88. The van der Waals surface area contributed by atoms with Crippen molar-refractivity contribution >= 4 is 17.4 Å². The number of pyridine rings is 1. The third-order valence-corrected chi connectivity index (χ3v) is 4.61. The Morgan fingerprint density at radius 3 is 2.95 bits per heavy atom. The summed E-state index contributed by atoms with van der Waals surface area (Å²) in [5.74, 6) is 0.595.